The van der Waals surface area contributed by atoms with E-state index in [9.17, 15) is 14.7 Å². The van der Waals surface area contributed by atoms with Crippen LogP contribution in [0.4, 0.5) is 0 Å². The van der Waals surface area contributed by atoms with Gasteiger partial charge >= 0.3 is 0 Å². The van der Waals surface area contributed by atoms with Gasteiger partial charge in [-0.05, 0) is 148 Å². The van der Waals surface area contributed by atoms with Gasteiger partial charge < -0.3 is 28.8 Å². The first kappa shape index (κ1) is 41.1. The van der Waals surface area contributed by atoms with Crippen molar-refractivity contribution in [3.63, 3.8) is 0 Å². The Balaban J connectivity index is 0.000000616. The molecule has 39 heavy (non-hydrogen) atoms. The maximum atomic E-state index is 11.1. The molecule has 220 valence electrons. The highest BCUT2D eigenvalue weighted by Crippen LogP contribution is 2.33. The molecule has 0 aromatic heterocycles. The molecule has 0 aliphatic carbocycles. The number of methoxy groups -OCH3 is 2. The lowest BCUT2D eigenvalue weighted by Crippen LogP contribution is -2.11. The fourth-order valence-corrected chi connectivity index (χ4v) is 10.1. The van der Waals surface area contributed by atoms with Gasteiger partial charge in [0.2, 0.25) is 0 Å². The van der Waals surface area contributed by atoms with E-state index >= 15 is 0 Å². The summed E-state index contributed by atoms with van der Waals surface area (Å²) < 4.78 is 30.8. The topological polar surface area (TPSA) is 101 Å². The number of aromatic hydroxyl groups is 1. The van der Waals surface area contributed by atoms with E-state index < -0.39 is 0 Å². The van der Waals surface area contributed by atoms with Gasteiger partial charge in [0.25, 0.3) is 0 Å². The third-order valence-corrected chi connectivity index (χ3v) is 10.0. The van der Waals surface area contributed by atoms with E-state index in [2.05, 4.69) is 106 Å². The molecular formula is C24H27BrI6O8. The third kappa shape index (κ3) is 16.7. The van der Waals surface area contributed by atoms with E-state index in [0.29, 0.717) is 54.3 Å². The van der Waals surface area contributed by atoms with Crippen molar-refractivity contribution in [1.82, 2.24) is 0 Å². The highest BCUT2D eigenvalue weighted by molar-refractivity contribution is 14.1. The molecule has 8 nitrogen and oxygen atoms in total. The number of hydrogen-bond acceptors (Lipinski definition) is 8. The van der Waals surface area contributed by atoms with Gasteiger partial charge in [-0.3, -0.25) is 9.59 Å². The van der Waals surface area contributed by atoms with E-state index in [1.807, 2.05) is 51.2 Å². The number of alkyl halides is 1. The molecule has 0 saturated carbocycles. The zero-order valence-corrected chi connectivity index (χ0v) is 35.4. The Labute approximate surface area is 319 Å². The second kappa shape index (κ2) is 25.4. The van der Waals surface area contributed by atoms with Crippen molar-refractivity contribution in [2.75, 3.05) is 65.8 Å². The Hall–Kier alpha value is 2.08. The minimum absolute atomic E-state index is 0.193. The van der Waals surface area contributed by atoms with Gasteiger partial charge in [-0.15, -0.1) is 0 Å². The fraction of sp³-hybridized carbons (Fsp3) is 0.417. The molecule has 0 radical (unpaired) electrons. The van der Waals surface area contributed by atoms with Crippen LogP contribution in [0.1, 0.15) is 20.7 Å². The Bertz CT molecular complexity index is 1020. The van der Waals surface area contributed by atoms with Crippen LogP contribution < -0.4 is 4.74 Å². The number of aldehydes is 2. The molecule has 0 aliphatic rings. The first-order valence-corrected chi connectivity index (χ1v) is 18.5. The first-order valence-electron chi connectivity index (χ1n) is 10.9. The summed E-state index contributed by atoms with van der Waals surface area (Å²) in [7, 11) is 3.30. The Morgan fingerprint density at radius 1 is 0.692 bits per heavy atom. The SMILES string of the molecule is COCCOCCBr.COCCOCCOc1c(I)cc(I)c(C=O)c1I.O=Cc1c(I)cc(I)c(O)c1I. The van der Waals surface area contributed by atoms with Gasteiger partial charge in [-0.1, -0.05) is 15.9 Å². The maximum absolute atomic E-state index is 11.1. The molecule has 0 atom stereocenters. The largest absolute Gasteiger partial charge is 0.506 e. The average Bonchev–Trinajstić information content (AvgIpc) is 2.90. The highest BCUT2D eigenvalue weighted by Gasteiger charge is 2.15. The molecule has 2 aromatic carbocycles. The van der Waals surface area contributed by atoms with Crippen LogP contribution in [0.5, 0.6) is 11.5 Å². The van der Waals surface area contributed by atoms with E-state index in [1.165, 1.54) is 0 Å². The molecule has 0 aliphatic heterocycles. The maximum Gasteiger partial charge on any atom is 0.152 e. The van der Waals surface area contributed by atoms with Crippen molar-refractivity contribution in [3.8, 4) is 11.5 Å². The summed E-state index contributed by atoms with van der Waals surface area (Å²) in [5, 5.41) is 10.4. The van der Waals surface area contributed by atoms with Crippen LogP contribution in [0, 0.1) is 21.4 Å². The van der Waals surface area contributed by atoms with Crippen LogP contribution in [-0.2, 0) is 18.9 Å². The standard InChI is InChI=1S/C12H13I3O4.C7H3I3O2.C5H11BrO2/c1-17-2-3-18-4-5-19-12-10(14)6-9(13)8(7-16)11(12)15;8-4-1-5(9)7(12)6(10)3(4)2-11;1-7-4-5-8-3-2-6/h6-7H,2-5H2,1H3;1-2,12H;2-5H2,1H3. The van der Waals surface area contributed by atoms with Gasteiger partial charge in [0.15, 0.2) is 12.6 Å². The fourth-order valence-electron chi connectivity index (χ4n) is 2.28. The van der Waals surface area contributed by atoms with Gasteiger partial charge in [-0.2, -0.15) is 0 Å². The average molecular weight is 1280 g/mol. The number of phenolic OH excluding ortho intramolecular Hbond substituents is 1. The zero-order chi connectivity index (χ0) is 29.8. The Kier molecular flexibility index (Phi) is 26.8. The molecule has 15 heteroatoms. The molecule has 0 spiro atoms. The van der Waals surface area contributed by atoms with Crippen LogP contribution in [0.15, 0.2) is 12.1 Å². The molecule has 0 bridgehead atoms. The Morgan fingerprint density at radius 3 is 1.64 bits per heavy atom. The van der Waals surface area contributed by atoms with E-state index in [4.69, 9.17) is 23.7 Å². The monoisotopic (exact) mass is 1280 g/mol. The third-order valence-electron chi connectivity index (χ3n) is 4.14. The van der Waals surface area contributed by atoms with Gasteiger partial charge in [0.05, 0.1) is 53.9 Å². The number of halogens is 7. The summed E-state index contributed by atoms with van der Waals surface area (Å²) >= 11 is 15.8. The lowest BCUT2D eigenvalue weighted by Gasteiger charge is -2.13. The summed E-state index contributed by atoms with van der Waals surface area (Å²) in [5.41, 5.74) is 1.24. The van der Waals surface area contributed by atoms with Crippen LogP contribution in [0.3, 0.4) is 0 Å². The number of ether oxygens (including phenoxy) is 5. The highest BCUT2D eigenvalue weighted by atomic mass is 127. The van der Waals surface area contributed by atoms with Crippen LogP contribution in [0.2, 0.25) is 0 Å². The number of carbonyl (C=O) groups excluding carboxylic acids is 2. The number of rotatable bonds is 14. The van der Waals surface area contributed by atoms with E-state index in [-0.39, 0.29) is 5.75 Å². The predicted molar refractivity (Wildman–Crippen MR) is 206 cm³/mol. The molecule has 0 saturated heterocycles. The second-order valence-corrected chi connectivity index (χ2v) is 14.4. The number of hydrogen-bond donors (Lipinski definition) is 1. The van der Waals surface area contributed by atoms with Crippen molar-refractivity contribution in [1.29, 1.82) is 0 Å². The van der Waals surface area contributed by atoms with Crippen molar-refractivity contribution in [2.24, 2.45) is 0 Å². The molecule has 2 aromatic rings. The van der Waals surface area contributed by atoms with Crippen molar-refractivity contribution < 1.29 is 38.4 Å². The molecule has 0 amide bonds. The quantitative estimate of drug-likeness (QED) is 0.0905. The normalized spacial score (nSPS) is 10.2. The molecule has 1 N–H and O–H groups in total. The number of phenols is 1. The van der Waals surface area contributed by atoms with Gasteiger partial charge in [0, 0.05) is 37.8 Å². The lowest BCUT2D eigenvalue weighted by molar-refractivity contribution is 0.0541. The molecule has 0 heterocycles. The minimum atomic E-state index is 0.193. The summed E-state index contributed by atoms with van der Waals surface area (Å²) in [5.74, 6) is 0.942. The summed E-state index contributed by atoms with van der Waals surface area (Å²) in [4.78, 5) is 21.6. The number of carbonyl (C=O) groups is 2. The van der Waals surface area contributed by atoms with Crippen molar-refractivity contribution in [2.45, 2.75) is 0 Å². The molecular weight excluding hydrogens is 1260 g/mol. The smallest absolute Gasteiger partial charge is 0.152 e. The van der Waals surface area contributed by atoms with Crippen LogP contribution >= 0.6 is 151 Å². The molecule has 2 rings (SSSR count). The number of benzene rings is 2. The predicted octanol–water partition coefficient (Wildman–Crippen LogP) is 7.42. The zero-order valence-electron chi connectivity index (χ0n) is 20.9. The van der Waals surface area contributed by atoms with Crippen LogP contribution in [0.25, 0.3) is 0 Å². The summed E-state index contributed by atoms with van der Waals surface area (Å²) in [6.45, 7) is 4.24. The lowest BCUT2D eigenvalue weighted by atomic mass is 10.2. The van der Waals surface area contributed by atoms with Crippen molar-refractivity contribution >= 4 is 164 Å². The second-order valence-electron chi connectivity index (χ2n) is 6.80. The summed E-state index contributed by atoms with van der Waals surface area (Å²) in [6, 6.07) is 3.72. The van der Waals surface area contributed by atoms with Gasteiger partial charge in [-0.25, -0.2) is 0 Å². The van der Waals surface area contributed by atoms with E-state index in [1.54, 1.807) is 20.3 Å². The molecule has 0 unspecified atom stereocenters. The summed E-state index contributed by atoms with van der Waals surface area (Å²) in [6.07, 6.45) is 1.63. The van der Waals surface area contributed by atoms with E-state index in [0.717, 1.165) is 48.1 Å². The van der Waals surface area contributed by atoms with Crippen molar-refractivity contribution in [3.05, 3.63) is 44.7 Å². The Morgan fingerprint density at radius 2 is 1.15 bits per heavy atom. The first-order chi connectivity index (χ1) is 18.6. The molecule has 0 fully saturated rings. The van der Waals surface area contributed by atoms with Crippen LogP contribution in [-0.4, -0.2) is 83.5 Å². The minimum Gasteiger partial charge on any atom is -0.506 e. The van der Waals surface area contributed by atoms with Gasteiger partial charge in [0.1, 0.15) is 18.1 Å².